The topological polar surface area (TPSA) is 15.3 Å². The molecule has 0 unspecified atom stereocenters. The molecule has 1 aromatic rings. The lowest BCUT2D eigenvalue weighted by Gasteiger charge is -2.39. The van der Waals surface area contributed by atoms with Crippen molar-refractivity contribution in [1.82, 2.24) is 10.2 Å². The van der Waals surface area contributed by atoms with E-state index in [0.717, 1.165) is 24.5 Å². The van der Waals surface area contributed by atoms with Crippen molar-refractivity contribution in [2.24, 2.45) is 5.92 Å². The zero-order valence-corrected chi connectivity index (χ0v) is 13.9. The Bertz CT molecular complexity index is 416. The first kappa shape index (κ1) is 15.4. The first-order valence-electron chi connectivity index (χ1n) is 8.41. The lowest BCUT2D eigenvalue weighted by molar-refractivity contribution is 0.133. The summed E-state index contributed by atoms with van der Waals surface area (Å²) >= 11 is 2.11. The van der Waals surface area contributed by atoms with Crippen LogP contribution in [0.5, 0.6) is 0 Å². The van der Waals surface area contributed by atoms with Crippen LogP contribution in [0.15, 0.2) is 30.3 Å². The van der Waals surface area contributed by atoms with Gasteiger partial charge >= 0.3 is 0 Å². The van der Waals surface area contributed by atoms with E-state index in [2.05, 4.69) is 59.2 Å². The van der Waals surface area contributed by atoms with Gasteiger partial charge in [0.25, 0.3) is 0 Å². The molecular formula is C18H28N2S. The Balaban J connectivity index is 1.47. The smallest absolute Gasteiger partial charge is 0.0233 e. The van der Waals surface area contributed by atoms with E-state index in [1.807, 2.05) is 0 Å². The molecule has 1 aromatic carbocycles. The second-order valence-corrected chi connectivity index (χ2v) is 7.87. The highest BCUT2D eigenvalue weighted by Gasteiger charge is 2.28. The Morgan fingerprint density at radius 2 is 1.90 bits per heavy atom. The molecule has 3 heteroatoms. The number of nitrogens with zero attached hydrogens (tertiary/aromatic N) is 1. The van der Waals surface area contributed by atoms with E-state index >= 15 is 0 Å². The third kappa shape index (κ3) is 4.48. The van der Waals surface area contributed by atoms with Crippen molar-refractivity contribution in [1.29, 1.82) is 0 Å². The summed E-state index contributed by atoms with van der Waals surface area (Å²) in [5, 5.41) is 3.95. The van der Waals surface area contributed by atoms with Gasteiger partial charge in [-0.2, -0.15) is 11.8 Å². The summed E-state index contributed by atoms with van der Waals surface area (Å²) in [6.45, 7) is 6.00. The van der Waals surface area contributed by atoms with Crippen LogP contribution in [0.3, 0.4) is 0 Å². The first-order chi connectivity index (χ1) is 10.3. The van der Waals surface area contributed by atoms with E-state index in [9.17, 15) is 0 Å². The van der Waals surface area contributed by atoms with Crippen LogP contribution < -0.4 is 5.32 Å². The first-order valence-corrected chi connectivity index (χ1v) is 9.57. The highest BCUT2D eigenvalue weighted by atomic mass is 32.2. The lowest BCUT2D eigenvalue weighted by Crippen LogP contribution is -2.51. The Morgan fingerprint density at radius 3 is 2.62 bits per heavy atom. The highest BCUT2D eigenvalue weighted by Crippen LogP contribution is 2.23. The summed E-state index contributed by atoms with van der Waals surface area (Å²) in [5.41, 5.74) is 1.44. The van der Waals surface area contributed by atoms with Crippen molar-refractivity contribution in [3.8, 4) is 0 Å². The highest BCUT2D eigenvalue weighted by molar-refractivity contribution is 7.99. The van der Waals surface area contributed by atoms with Gasteiger partial charge < -0.3 is 5.32 Å². The summed E-state index contributed by atoms with van der Waals surface area (Å²) in [7, 11) is 0. The van der Waals surface area contributed by atoms with E-state index in [-0.39, 0.29) is 0 Å². The molecule has 0 radical (unpaired) electrons. The monoisotopic (exact) mass is 304 g/mol. The second-order valence-electron chi connectivity index (χ2n) is 6.65. The van der Waals surface area contributed by atoms with Crippen LogP contribution in [-0.4, -0.2) is 41.6 Å². The number of hydrogen-bond donors (Lipinski definition) is 1. The predicted octanol–water partition coefficient (Wildman–Crippen LogP) is 3.38. The van der Waals surface area contributed by atoms with Crippen LogP contribution >= 0.6 is 11.8 Å². The van der Waals surface area contributed by atoms with Gasteiger partial charge in [0, 0.05) is 25.2 Å². The number of thioether (sulfide) groups is 1. The fourth-order valence-corrected chi connectivity index (χ4v) is 4.74. The van der Waals surface area contributed by atoms with Crippen molar-refractivity contribution in [3.05, 3.63) is 35.9 Å². The Labute approximate surface area is 133 Å². The average Bonchev–Trinajstić information content (AvgIpc) is 2.52. The number of piperidine rings is 1. The molecule has 0 aliphatic carbocycles. The van der Waals surface area contributed by atoms with Crippen LogP contribution in [0, 0.1) is 5.92 Å². The lowest BCUT2D eigenvalue weighted by atomic mass is 9.92. The maximum absolute atomic E-state index is 3.95. The molecule has 2 nitrogen and oxygen atoms in total. The van der Waals surface area contributed by atoms with E-state index < -0.39 is 0 Å². The third-order valence-corrected chi connectivity index (χ3v) is 5.96. The van der Waals surface area contributed by atoms with Gasteiger partial charge in [0.2, 0.25) is 0 Å². The predicted molar refractivity (Wildman–Crippen MR) is 92.8 cm³/mol. The molecule has 21 heavy (non-hydrogen) atoms. The van der Waals surface area contributed by atoms with Crippen molar-refractivity contribution in [3.63, 3.8) is 0 Å². The molecular weight excluding hydrogens is 276 g/mol. The summed E-state index contributed by atoms with van der Waals surface area (Å²) in [4.78, 5) is 2.62. The van der Waals surface area contributed by atoms with Gasteiger partial charge in [-0.25, -0.2) is 0 Å². The molecule has 0 bridgehead atoms. The van der Waals surface area contributed by atoms with Crippen molar-refractivity contribution >= 4 is 11.8 Å². The molecule has 2 atom stereocenters. The summed E-state index contributed by atoms with van der Waals surface area (Å²) in [5.74, 6) is 3.45. The molecule has 2 aliphatic heterocycles. The Kier molecular flexibility index (Phi) is 5.61. The molecule has 0 amide bonds. The minimum absolute atomic E-state index is 0.727. The molecule has 0 spiro atoms. The Hall–Kier alpha value is -0.510. The Morgan fingerprint density at radius 1 is 1.14 bits per heavy atom. The van der Waals surface area contributed by atoms with Gasteiger partial charge in [0.05, 0.1) is 0 Å². The maximum Gasteiger partial charge on any atom is 0.0233 e. The van der Waals surface area contributed by atoms with Gasteiger partial charge in [0.15, 0.2) is 0 Å². The van der Waals surface area contributed by atoms with Gasteiger partial charge in [-0.3, -0.25) is 4.90 Å². The normalized spacial score (nSPS) is 28.6. The second kappa shape index (κ2) is 7.66. The molecule has 2 aliphatic rings. The minimum Gasteiger partial charge on any atom is -0.311 e. The number of benzene rings is 1. The van der Waals surface area contributed by atoms with Gasteiger partial charge in [0.1, 0.15) is 0 Å². The maximum atomic E-state index is 3.95. The average molecular weight is 305 g/mol. The number of hydrogen-bond acceptors (Lipinski definition) is 3. The van der Waals surface area contributed by atoms with Crippen LogP contribution in [0.1, 0.15) is 31.7 Å². The third-order valence-electron chi connectivity index (χ3n) is 4.91. The van der Waals surface area contributed by atoms with Crippen LogP contribution in [0.2, 0.25) is 0 Å². The van der Waals surface area contributed by atoms with E-state index in [4.69, 9.17) is 0 Å². The van der Waals surface area contributed by atoms with Gasteiger partial charge in [-0.15, -0.1) is 0 Å². The van der Waals surface area contributed by atoms with Crippen LogP contribution in [0.25, 0.3) is 0 Å². The molecule has 2 saturated heterocycles. The van der Waals surface area contributed by atoms with Crippen molar-refractivity contribution in [2.45, 2.75) is 44.8 Å². The van der Waals surface area contributed by atoms with Crippen LogP contribution in [0.4, 0.5) is 0 Å². The summed E-state index contributed by atoms with van der Waals surface area (Å²) in [6.07, 6.45) is 4.03. The molecule has 0 saturated carbocycles. The quantitative estimate of drug-likeness (QED) is 0.918. The summed E-state index contributed by atoms with van der Waals surface area (Å²) < 4.78 is 0. The van der Waals surface area contributed by atoms with E-state index in [1.54, 1.807) is 0 Å². The standard InChI is InChI=1S/C18H28N2S/c1-15-13-20(14-16-5-3-2-4-6-16)10-7-18(15)19-17-8-11-21-12-9-17/h2-6,15,17-19H,7-14H2,1H3/t15-,18-/m1/s1. The fourth-order valence-electron chi connectivity index (χ4n) is 3.63. The SMILES string of the molecule is C[C@@H]1CN(Cc2ccccc2)CC[C@H]1NC1CCSCC1. The van der Waals surface area contributed by atoms with Crippen LogP contribution in [-0.2, 0) is 6.54 Å². The zero-order chi connectivity index (χ0) is 14.5. The number of likely N-dealkylation sites (tertiary alicyclic amines) is 1. The van der Waals surface area contributed by atoms with E-state index in [0.29, 0.717) is 0 Å². The number of rotatable bonds is 4. The van der Waals surface area contributed by atoms with Crippen molar-refractivity contribution < 1.29 is 0 Å². The summed E-state index contributed by atoms with van der Waals surface area (Å²) in [6, 6.07) is 12.4. The molecule has 116 valence electrons. The minimum atomic E-state index is 0.727. The molecule has 1 N–H and O–H groups in total. The zero-order valence-electron chi connectivity index (χ0n) is 13.1. The largest absolute Gasteiger partial charge is 0.311 e. The van der Waals surface area contributed by atoms with Gasteiger partial charge in [-0.05, 0) is 48.8 Å². The molecule has 3 rings (SSSR count). The molecule has 2 fully saturated rings. The van der Waals surface area contributed by atoms with E-state index in [1.165, 1.54) is 49.4 Å². The number of nitrogens with one attached hydrogen (secondary N) is 1. The van der Waals surface area contributed by atoms with Crippen molar-refractivity contribution in [2.75, 3.05) is 24.6 Å². The molecule has 0 aromatic heterocycles. The fraction of sp³-hybridized carbons (Fsp3) is 0.667. The molecule has 2 heterocycles. The van der Waals surface area contributed by atoms with Gasteiger partial charge in [-0.1, -0.05) is 37.3 Å².